The Bertz CT molecular complexity index is 2880. The topological polar surface area (TPSA) is 244 Å². The smallest absolute Gasteiger partial charge is 0.329 e. The van der Waals surface area contributed by atoms with Crippen LogP contribution in [0.1, 0.15) is 145 Å². The highest BCUT2D eigenvalue weighted by Crippen LogP contribution is 2.42. The van der Waals surface area contributed by atoms with E-state index < -0.39 is 53.7 Å². The fourth-order valence-electron chi connectivity index (χ4n) is 10.7. The predicted octanol–water partition coefficient (Wildman–Crippen LogP) is 7.12. The van der Waals surface area contributed by atoms with Crippen LogP contribution in [0, 0.1) is 0 Å². The lowest BCUT2D eigenvalue weighted by molar-refractivity contribution is -0.162. The zero-order chi connectivity index (χ0) is 58.0. The number of imide groups is 2. The van der Waals surface area contributed by atoms with E-state index in [9.17, 15) is 38.4 Å². The van der Waals surface area contributed by atoms with Crippen LogP contribution in [0.5, 0.6) is 34.5 Å². The minimum Gasteiger partial charge on any atom is -0.493 e. The van der Waals surface area contributed by atoms with Crippen molar-refractivity contribution in [3.63, 3.8) is 0 Å². The summed E-state index contributed by atoms with van der Waals surface area (Å²) >= 11 is 0. The monoisotopic (exact) mass is 1120 g/mol. The Morgan fingerprint density at radius 1 is 0.691 bits per heavy atom. The molecule has 4 aromatic carbocycles. The highest BCUT2D eigenvalue weighted by molar-refractivity contribution is 6.24. The molecule has 4 aromatic rings. The van der Waals surface area contributed by atoms with E-state index >= 15 is 0 Å². The Balaban J connectivity index is 0.850. The summed E-state index contributed by atoms with van der Waals surface area (Å²) in [6.45, 7) is 3.07. The molecule has 1 unspecified atom stereocenters. The Labute approximate surface area is 472 Å². The maximum Gasteiger partial charge on any atom is 0.329 e. The molecule has 3 aliphatic heterocycles. The van der Waals surface area contributed by atoms with Crippen molar-refractivity contribution < 1.29 is 71.5 Å². The molecule has 0 saturated carbocycles. The number of hydrogen-bond acceptors (Lipinski definition) is 15. The number of nitrogens with one attached hydrogen (secondary N) is 3. The lowest BCUT2D eigenvalue weighted by Crippen LogP contribution is -2.54. The van der Waals surface area contributed by atoms with Gasteiger partial charge in [-0.15, -0.1) is 0 Å². The van der Waals surface area contributed by atoms with Gasteiger partial charge < -0.3 is 48.7 Å². The summed E-state index contributed by atoms with van der Waals surface area (Å²) in [5.41, 5.74) is 2.99. The molecule has 4 atom stereocenters. The second-order valence-corrected chi connectivity index (χ2v) is 20.3. The summed E-state index contributed by atoms with van der Waals surface area (Å²) in [4.78, 5) is 108. The number of nitrogens with zero attached hydrogens (tertiary/aromatic N) is 2. The molecule has 7 rings (SSSR count). The number of unbranched alkanes of at least 4 members (excludes halogenated alkanes) is 5. The molecule has 20 heteroatoms. The molecule has 2 fully saturated rings. The normalized spacial score (nSPS) is 16.6. The number of carbonyl (C=O) groups excluding carboxylic acids is 8. The van der Waals surface area contributed by atoms with Gasteiger partial charge in [0.2, 0.25) is 29.4 Å². The van der Waals surface area contributed by atoms with Gasteiger partial charge in [-0.3, -0.25) is 43.8 Å². The number of rotatable bonds is 29. The molecule has 0 bridgehead atoms. The summed E-state index contributed by atoms with van der Waals surface area (Å²) in [6.07, 6.45) is 7.82. The van der Waals surface area contributed by atoms with Crippen molar-refractivity contribution in [3.8, 4) is 34.5 Å². The Hall–Kier alpha value is -8.16. The van der Waals surface area contributed by atoms with E-state index in [2.05, 4.69) is 16.0 Å². The summed E-state index contributed by atoms with van der Waals surface area (Å²) in [5.74, 6) is -1.31. The van der Waals surface area contributed by atoms with E-state index in [1.165, 1.54) is 27.4 Å². The number of carbonyl (C=O) groups is 8. The molecule has 434 valence electrons. The highest BCUT2D eigenvalue weighted by atomic mass is 16.5. The van der Waals surface area contributed by atoms with Crippen LogP contribution >= 0.6 is 0 Å². The van der Waals surface area contributed by atoms with Gasteiger partial charge in [0.15, 0.2) is 29.6 Å². The number of fused-ring (bicyclic) bond motifs is 1. The van der Waals surface area contributed by atoms with Gasteiger partial charge in [0.1, 0.15) is 23.9 Å². The van der Waals surface area contributed by atoms with Gasteiger partial charge in [-0.05, 0) is 123 Å². The number of ether oxygens (including phenoxy) is 7. The van der Waals surface area contributed by atoms with Crippen molar-refractivity contribution in [2.24, 2.45) is 0 Å². The number of methoxy groups -OCH3 is 5. The third kappa shape index (κ3) is 15.2. The van der Waals surface area contributed by atoms with Gasteiger partial charge in [0.25, 0.3) is 17.7 Å². The van der Waals surface area contributed by atoms with Crippen LogP contribution in [-0.2, 0) is 46.3 Å². The molecule has 3 aliphatic rings. The maximum absolute atomic E-state index is 14.5. The van der Waals surface area contributed by atoms with Crippen molar-refractivity contribution in [2.45, 2.75) is 127 Å². The van der Waals surface area contributed by atoms with Gasteiger partial charge in [-0.2, -0.15) is 0 Å². The molecule has 3 heterocycles. The minimum absolute atomic E-state index is 0.0173. The van der Waals surface area contributed by atoms with Crippen LogP contribution in [0.15, 0.2) is 72.8 Å². The first kappa shape index (κ1) is 60.5. The summed E-state index contributed by atoms with van der Waals surface area (Å²) in [7, 11) is 7.72. The number of benzene rings is 4. The predicted molar refractivity (Wildman–Crippen MR) is 298 cm³/mol. The van der Waals surface area contributed by atoms with E-state index in [0.29, 0.717) is 90.9 Å². The summed E-state index contributed by atoms with van der Waals surface area (Å²) in [6, 6.07) is 19.2. The van der Waals surface area contributed by atoms with Crippen LogP contribution in [0.4, 0.5) is 0 Å². The minimum atomic E-state index is -1.08. The first-order chi connectivity index (χ1) is 39.2. The van der Waals surface area contributed by atoms with Gasteiger partial charge in [-0.1, -0.05) is 62.9 Å². The van der Waals surface area contributed by atoms with Crippen LogP contribution in [-0.4, -0.2) is 131 Å². The van der Waals surface area contributed by atoms with Gasteiger partial charge in [-0.25, -0.2) is 4.79 Å². The quantitative estimate of drug-likeness (QED) is 0.0279. The van der Waals surface area contributed by atoms with Gasteiger partial charge in [0.05, 0.1) is 59.0 Å². The van der Waals surface area contributed by atoms with E-state index in [4.69, 9.17) is 33.2 Å². The molecule has 0 spiro atoms. The molecule has 7 amide bonds. The molecular weight excluding hydrogens is 1040 g/mol. The Kier molecular flexibility index (Phi) is 21.9. The van der Waals surface area contributed by atoms with E-state index in [-0.39, 0.29) is 54.7 Å². The fourth-order valence-corrected chi connectivity index (χ4v) is 10.7. The zero-order valence-electron chi connectivity index (χ0n) is 47.2. The van der Waals surface area contributed by atoms with Gasteiger partial charge in [0, 0.05) is 26.1 Å². The standard InChI is InChI=1S/C61H75N5O15/c1-7-43(41-34-50(77-4)56(79-6)51(35-41)78-5)58(71)65-32-15-12-19-46(65)61(74)81-47(27-20-38-21-28-48(75-2)49(33-38)76-3)39-22-24-42(25-23-39)80-37-54(69)63-31-14-11-9-8-10-13-30-62-53(68)36-40-17-16-18-44-55(40)60(73)66(59(44)72)45-26-29-52(67)64-57(45)70/h16-18,21-25,28,33-35,43,45-47H,7-15,19-20,26-27,29-32,36-37H2,1-6H3,(H,62,68)(H,63,69)(H,64,67,70)/t43-,45?,46-,47+/m0/s1. The number of hydrogen-bond donors (Lipinski definition) is 3. The molecule has 2 saturated heterocycles. The number of aryl methyl sites for hydroxylation is 1. The van der Waals surface area contributed by atoms with Crippen LogP contribution in [0.3, 0.4) is 0 Å². The lowest BCUT2D eigenvalue weighted by atomic mass is 9.91. The Morgan fingerprint density at radius 3 is 2.00 bits per heavy atom. The SMILES string of the molecule is CC[C@H](C(=O)N1CCCC[C@H]1C(=O)O[C@H](CCc1ccc(OC)c(OC)c1)c1ccc(OCC(=O)NCCCCCCCCNC(=O)Cc2cccc3c2C(=O)N(C2CCC(=O)NC2=O)C3=O)cc1)c1cc(OC)c(OC)c(OC)c1. The molecule has 0 aliphatic carbocycles. The Morgan fingerprint density at radius 2 is 1.36 bits per heavy atom. The lowest BCUT2D eigenvalue weighted by Gasteiger charge is -2.37. The molecule has 20 nitrogen and oxygen atoms in total. The average Bonchev–Trinajstić information content (AvgIpc) is 3.78. The molecule has 81 heavy (non-hydrogen) atoms. The van der Waals surface area contributed by atoms with E-state index in [1.54, 1.807) is 55.5 Å². The van der Waals surface area contributed by atoms with Crippen molar-refractivity contribution in [1.82, 2.24) is 25.8 Å². The zero-order valence-corrected chi connectivity index (χ0v) is 47.2. The third-order valence-electron chi connectivity index (χ3n) is 15.0. The van der Waals surface area contributed by atoms with Crippen LogP contribution < -0.4 is 44.4 Å². The first-order valence-corrected chi connectivity index (χ1v) is 27.8. The third-order valence-corrected chi connectivity index (χ3v) is 15.0. The van der Waals surface area contributed by atoms with Crippen molar-refractivity contribution in [2.75, 3.05) is 61.8 Å². The molecule has 0 aromatic heterocycles. The second kappa shape index (κ2) is 29.3. The van der Waals surface area contributed by atoms with Crippen molar-refractivity contribution >= 4 is 47.3 Å². The van der Waals surface area contributed by atoms with E-state index in [1.807, 2.05) is 37.3 Å². The fraction of sp³-hybridized carbons (Fsp3) is 0.475. The molecule has 3 N–H and O–H groups in total. The second-order valence-electron chi connectivity index (χ2n) is 20.3. The molecule has 0 radical (unpaired) electrons. The maximum atomic E-state index is 14.5. The first-order valence-electron chi connectivity index (χ1n) is 27.8. The molecular formula is C61H75N5O15. The van der Waals surface area contributed by atoms with Gasteiger partial charge >= 0.3 is 5.97 Å². The number of likely N-dealkylation sites (tertiary alicyclic amines) is 1. The van der Waals surface area contributed by atoms with Crippen LogP contribution in [0.2, 0.25) is 0 Å². The average molecular weight is 1120 g/mol. The number of piperidine rings is 2. The highest BCUT2D eigenvalue weighted by Gasteiger charge is 2.46. The van der Waals surface area contributed by atoms with E-state index in [0.717, 1.165) is 67.4 Å². The number of esters is 1. The summed E-state index contributed by atoms with van der Waals surface area (Å²) < 4.78 is 40.0. The largest absolute Gasteiger partial charge is 0.493 e. The summed E-state index contributed by atoms with van der Waals surface area (Å²) in [5, 5.41) is 7.99. The van der Waals surface area contributed by atoms with Crippen molar-refractivity contribution in [3.05, 3.63) is 106 Å². The number of amides is 7. The van der Waals surface area contributed by atoms with Crippen molar-refractivity contribution in [1.29, 1.82) is 0 Å². The van der Waals surface area contributed by atoms with Crippen LogP contribution in [0.25, 0.3) is 0 Å².